The van der Waals surface area contributed by atoms with Gasteiger partial charge in [0.2, 0.25) is 5.88 Å². The molecule has 106 valence electrons. The summed E-state index contributed by atoms with van der Waals surface area (Å²) in [4.78, 5) is 0. The summed E-state index contributed by atoms with van der Waals surface area (Å²) < 4.78 is 8.08. The minimum Gasteiger partial charge on any atom is -0.468 e. The van der Waals surface area contributed by atoms with Crippen LogP contribution in [0.3, 0.4) is 0 Å². The predicted octanol–water partition coefficient (Wildman–Crippen LogP) is 3.25. The summed E-state index contributed by atoms with van der Waals surface area (Å²) in [5, 5.41) is 4.42. The van der Waals surface area contributed by atoms with Crippen LogP contribution in [0.2, 0.25) is 0 Å². The zero-order valence-electron chi connectivity index (χ0n) is 12.1. The first kappa shape index (κ1) is 13.0. The third kappa shape index (κ3) is 2.15. The molecule has 4 nitrogen and oxygen atoms in total. The van der Waals surface area contributed by atoms with Crippen molar-refractivity contribution in [3.63, 3.8) is 0 Å². The molecular weight excluding hydrogens is 250 g/mol. The number of fused-ring (bicyclic) bond motifs is 1. The summed E-state index contributed by atoms with van der Waals surface area (Å²) in [6.45, 7) is 4.73. The van der Waals surface area contributed by atoms with Gasteiger partial charge in [-0.25, -0.2) is 4.68 Å². The first-order valence-electron chi connectivity index (χ1n) is 7.28. The molecule has 3 rings (SSSR count). The van der Waals surface area contributed by atoms with Gasteiger partial charge >= 0.3 is 0 Å². The minimum atomic E-state index is 0.0867. The molecule has 1 unspecified atom stereocenters. The highest BCUT2D eigenvalue weighted by molar-refractivity contribution is 5.52. The van der Waals surface area contributed by atoms with Crippen molar-refractivity contribution < 1.29 is 4.74 Å². The van der Waals surface area contributed by atoms with Crippen molar-refractivity contribution in [2.24, 2.45) is 0 Å². The smallest absolute Gasteiger partial charge is 0.236 e. The molecule has 1 aliphatic carbocycles. The van der Waals surface area contributed by atoms with Gasteiger partial charge in [-0.2, -0.15) is 5.10 Å². The number of aryl methyl sites for hydroxylation is 3. The Kier molecular flexibility index (Phi) is 3.38. The molecule has 0 fully saturated rings. The monoisotopic (exact) mass is 271 g/mol. The lowest BCUT2D eigenvalue weighted by Gasteiger charge is -2.26. The van der Waals surface area contributed by atoms with Gasteiger partial charge in [-0.1, -0.05) is 24.3 Å². The van der Waals surface area contributed by atoms with Crippen LogP contribution in [0.25, 0.3) is 0 Å². The standard InChI is InChI=1S/C16H21N3O/c1-3-19-16(15(17)11(2)18-19)20-14-10-6-8-12-7-4-5-9-13(12)14/h4-5,7,9,14H,3,6,8,10,17H2,1-2H3. The molecule has 1 heterocycles. The largest absolute Gasteiger partial charge is 0.468 e. The molecule has 0 spiro atoms. The molecule has 1 atom stereocenters. The average Bonchev–Trinajstić information content (AvgIpc) is 2.75. The highest BCUT2D eigenvalue weighted by atomic mass is 16.5. The maximum Gasteiger partial charge on any atom is 0.236 e. The average molecular weight is 271 g/mol. The third-order valence-electron chi connectivity index (χ3n) is 3.99. The summed E-state index contributed by atoms with van der Waals surface area (Å²) in [6.07, 6.45) is 3.41. The van der Waals surface area contributed by atoms with E-state index in [0.29, 0.717) is 11.6 Å². The number of nitrogens with zero attached hydrogens (tertiary/aromatic N) is 2. The summed E-state index contributed by atoms with van der Waals surface area (Å²) >= 11 is 0. The molecule has 0 saturated carbocycles. The summed E-state index contributed by atoms with van der Waals surface area (Å²) in [7, 11) is 0. The minimum absolute atomic E-state index is 0.0867. The van der Waals surface area contributed by atoms with Crippen molar-refractivity contribution in [2.75, 3.05) is 5.73 Å². The van der Waals surface area contributed by atoms with E-state index in [1.54, 1.807) is 0 Å². The number of anilines is 1. The van der Waals surface area contributed by atoms with Crippen molar-refractivity contribution in [3.8, 4) is 5.88 Å². The Hall–Kier alpha value is -1.97. The Bertz CT molecular complexity index is 618. The van der Waals surface area contributed by atoms with Crippen molar-refractivity contribution in [1.29, 1.82) is 0 Å². The second kappa shape index (κ2) is 5.19. The van der Waals surface area contributed by atoms with Gasteiger partial charge in [0.05, 0.1) is 5.69 Å². The topological polar surface area (TPSA) is 53.1 Å². The Balaban J connectivity index is 1.93. The van der Waals surface area contributed by atoms with Crippen LogP contribution >= 0.6 is 0 Å². The van der Waals surface area contributed by atoms with Gasteiger partial charge in [-0.3, -0.25) is 0 Å². The van der Waals surface area contributed by atoms with Gasteiger partial charge in [0.25, 0.3) is 0 Å². The van der Waals surface area contributed by atoms with E-state index in [0.717, 1.165) is 31.5 Å². The zero-order valence-corrected chi connectivity index (χ0v) is 12.1. The lowest BCUT2D eigenvalue weighted by Crippen LogP contribution is -2.17. The van der Waals surface area contributed by atoms with E-state index in [-0.39, 0.29) is 6.10 Å². The van der Waals surface area contributed by atoms with Gasteiger partial charge < -0.3 is 10.5 Å². The van der Waals surface area contributed by atoms with E-state index in [2.05, 4.69) is 29.4 Å². The first-order chi connectivity index (χ1) is 9.70. The molecule has 0 aliphatic heterocycles. The van der Waals surface area contributed by atoms with Crippen LogP contribution in [0.4, 0.5) is 5.69 Å². The molecule has 0 bridgehead atoms. The highest BCUT2D eigenvalue weighted by Crippen LogP contribution is 2.36. The van der Waals surface area contributed by atoms with Crippen LogP contribution in [0.15, 0.2) is 24.3 Å². The number of hydrogen-bond donors (Lipinski definition) is 1. The second-order valence-electron chi connectivity index (χ2n) is 5.32. The van der Waals surface area contributed by atoms with Crippen LogP contribution in [0.5, 0.6) is 5.88 Å². The fourth-order valence-electron chi connectivity index (χ4n) is 2.88. The van der Waals surface area contributed by atoms with E-state index in [9.17, 15) is 0 Å². The number of nitrogen functional groups attached to an aromatic ring is 1. The van der Waals surface area contributed by atoms with Gasteiger partial charge in [-0.15, -0.1) is 0 Å². The number of rotatable bonds is 3. The SMILES string of the molecule is CCn1nc(C)c(N)c1OC1CCCc2ccccc21. The number of benzene rings is 1. The number of nitrogens with two attached hydrogens (primary N) is 1. The van der Waals surface area contributed by atoms with Crippen molar-refractivity contribution in [3.05, 3.63) is 41.1 Å². The maximum absolute atomic E-state index is 6.23. The van der Waals surface area contributed by atoms with E-state index >= 15 is 0 Å². The predicted molar refractivity (Wildman–Crippen MR) is 79.8 cm³/mol. The Morgan fingerprint density at radius 3 is 3.00 bits per heavy atom. The molecule has 0 radical (unpaired) electrons. The van der Waals surface area contributed by atoms with Crippen LogP contribution in [-0.2, 0) is 13.0 Å². The molecule has 2 aromatic rings. The van der Waals surface area contributed by atoms with E-state index < -0.39 is 0 Å². The Morgan fingerprint density at radius 2 is 2.20 bits per heavy atom. The van der Waals surface area contributed by atoms with Gasteiger partial charge in [-0.05, 0) is 44.2 Å². The van der Waals surface area contributed by atoms with E-state index in [1.165, 1.54) is 11.1 Å². The number of ether oxygens (including phenoxy) is 1. The van der Waals surface area contributed by atoms with Gasteiger partial charge in [0.1, 0.15) is 11.8 Å². The fraction of sp³-hybridized carbons (Fsp3) is 0.438. The van der Waals surface area contributed by atoms with E-state index in [4.69, 9.17) is 10.5 Å². The third-order valence-corrected chi connectivity index (χ3v) is 3.99. The molecule has 1 aromatic carbocycles. The summed E-state index contributed by atoms with van der Waals surface area (Å²) in [5.41, 5.74) is 10.3. The molecule has 4 heteroatoms. The normalized spacial score (nSPS) is 17.8. The lowest BCUT2D eigenvalue weighted by molar-refractivity contribution is 0.166. The van der Waals surface area contributed by atoms with Crippen molar-refractivity contribution in [1.82, 2.24) is 9.78 Å². The second-order valence-corrected chi connectivity index (χ2v) is 5.32. The molecule has 20 heavy (non-hydrogen) atoms. The quantitative estimate of drug-likeness (QED) is 0.932. The van der Waals surface area contributed by atoms with Crippen LogP contribution < -0.4 is 10.5 Å². The zero-order chi connectivity index (χ0) is 14.1. The first-order valence-corrected chi connectivity index (χ1v) is 7.28. The number of aromatic nitrogens is 2. The molecule has 0 amide bonds. The molecule has 2 N–H and O–H groups in total. The van der Waals surface area contributed by atoms with Crippen molar-refractivity contribution in [2.45, 2.75) is 45.8 Å². The van der Waals surface area contributed by atoms with Gasteiger partial charge in [0, 0.05) is 6.54 Å². The highest BCUT2D eigenvalue weighted by Gasteiger charge is 2.24. The van der Waals surface area contributed by atoms with Crippen LogP contribution in [-0.4, -0.2) is 9.78 Å². The summed E-state index contributed by atoms with van der Waals surface area (Å²) in [6, 6.07) is 8.52. The number of hydrogen-bond acceptors (Lipinski definition) is 3. The molecular formula is C16H21N3O. The Morgan fingerprint density at radius 1 is 1.40 bits per heavy atom. The van der Waals surface area contributed by atoms with Gasteiger partial charge in [0.15, 0.2) is 0 Å². The molecule has 1 aromatic heterocycles. The van der Waals surface area contributed by atoms with Crippen LogP contribution in [0, 0.1) is 6.92 Å². The van der Waals surface area contributed by atoms with Crippen LogP contribution in [0.1, 0.15) is 42.7 Å². The maximum atomic E-state index is 6.23. The molecule has 1 aliphatic rings. The summed E-state index contributed by atoms with van der Waals surface area (Å²) in [5.74, 6) is 0.715. The lowest BCUT2D eigenvalue weighted by atomic mass is 9.89. The fourth-order valence-corrected chi connectivity index (χ4v) is 2.88. The van der Waals surface area contributed by atoms with Crippen molar-refractivity contribution >= 4 is 5.69 Å². The Labute approximate surface area is 119 Å². The molecule has 0 saturated heterocycles. The van der Waals surface area contributed by atoms with E-state index in [1.807, 2.05) is 18.5 Å².